The van der Waals surface area contributed by atoms with Crippen LogP contribution in [0.5, 0.6) is 0 Å². The van der Waals surface area contributed by atoms with Gasteiger partial charge < -0.3 is 10.6 Å². The first kappa shape index (κ1) is 13.5. The molecule has 0 saturated carbocycles. The van der Waals surface area contributed by atoms with Crippen molar-refractivity contribution in [2.75, 3.05) is 5.32 Å². The second kappa shape index (κ2) is 6.25. The molecule has 2 amide bonds. The minimum absolute atomic E-state index is 0.172. The van der Waals surface area contributed by atoms with Gasteiger partial charge in [0, 0.05) is 15.0 Å². The Morgan fingerprint density at radius 3 is 2.75 bits per heavy atom. The zero-order valence-corrected chi connectivity index (χ0v) is 12.4. The predicted molar refractivity (Wildman–Crippen MR) is 73.7 cm³/mol. The van der Waals surface area contributed by atoms with E-state index < -0.39 is 0 Å². The van der Waals surface area contributed by atoms with E-state index in [0.29, 0.717) is 0 Å². The van der Waals surface area contributed by atoms with Crippen LogP contribution in [-0.2, 0) is 0 Å². The van der Waals surface area contributed by atoms with Crippen LogP contribution in [0.3, 0.4) is 0 Å². The van der Waals surface area contributed by atoms with Gasteiger partial charge in [0.15, 0.2) is 0 Å². The maximum absolute atomic E-state index is 11.6. The van der Waals surface area contributed by atoms with Gasteiger partial charge in [-0.2, -0.15) is 0 Å². The number of hydrogen-bond acceptors (Lipinski definition) is 1. The summed E-state index contributed by atoms with van der Waals surface area (Å²) in [5, 5.41) is 5.63. The van der Waals surface area contributed by atoms with Gasteiger partial charge >= 0.3 is 6.03 Å². The lowest BCUT2D eigenvalue weighted by Gasteiger charge is -2.13. The molecule has 1 aromatic carbocycles. The molecular formula is C11H14Br2N2O. The van der Waals surface area contributed by atoms with E-state index in [9.17, 15) is 4.79 Å². The molecule has 3 nitrogen and oxygen atoms in total. The Morgan fingerprint density at radius 1 is 1.44 bits per heavy atom. The molecule has 0 aromatic heterocycles. The molecule has 0 spiro atoms. The molecule has 1 rings (SSSR count). The van der Waals surface area contributed by atoms with E-state index in [1.807, 2.05) is 32.0 Å². The lowest BCUT2D eigenvalue weighted by atomic mass is 10.3. The van der Waals surface area contributed by atoms with Crippen LogP contribution in [0.2, 0.25) is 0 Å². The maximum Gasteiger partial charge on any atom is 0.319 e. The van der Waals surface area contributed by atoms with Crippen LogP contribution in [0.25, 0.3) is 0 Å². The highest BCUT2D eigenvalue weighted by atomic mass is 79.9. The topological polar surface area (TPSA) is 41.1 Å². The molecular weight excluding hydrogens is 336 g/mol. The number of hydrogen-bond donors (Lipinski definition) is 2. The molecule has 1 atom stereocenters. The molecule has 0 heterocycles. The lowest BCUT2D eigenvalue weighted by molar-refractivity contribution is 0.249. The van der Waals surface area contributed by atoms with Crippen molar-refractivity contribution in [3.63, 3.8) is 0 Å². The van der Waals surface area contributed by atoms with Gasteiger partial charge in [0.05, 0.1) is 5.69 Å². The Balaban J connectivity index is 2.65. The van der Waals surface area contributed by atoms with Crippen LogP contribution in [-0.4, -0.2) is 12.1 Å². The van der Waals surface area contributed by atoms with E-state index in [2.05, 4.69) is 42.5 Å². The molecule has 0 unspecified atom stereocenters. The number of nitrogens with one attached hydrogen (secondary N) is 2. The number of halogens is 2. The standard InChI is InChI=1S/C11H14Br2N2O/c1-3-7(2)14-11(16)15-10-6-8(12)4-5-9(10)13/h4-7H,3H2,1-2H3,(H2,14,15,16)/t7-/m1/s1. The van der Waals surface area contributed by atoms with Crippen molar-refractivity contribution in [2.24, 2.45) is 0 Å². The third-order valence-corrected chi connectivity index (χ3v) is 3.35. The molecule has 88 valence electrons. The highest BCUT2D eigenvalue weighted by molar-refractivity contribution is 9.11. The fraction of sp³-hybridized carbons (Fsp3) is 0.364. The van der Waals surface area contributed by atoms with Crippen LogP contribution in [0.1, 0.15) is 20.3 Å². The van der Waals surface area contributed by atoms with Crippen LogP contribution in [0, 0.1) is 0 Å². The van der Waals surface area contributed by atoms with E-state index in [1.54, 1.807) is 0 Å². The summed E-state index contributed by atoms with van der Waals surface area (Å²) in [6.07, 6.45) is 0.910. The van der Waals surface area contributed by atoms with Crippen molar-refractivity contribution in [3.8, 4) is 0 Å². The third-order valence-electron chi connectivity index (χ3n) is 2.17. The van der Waals surface area contributed by atoms with E-state index in [1.165, 1.54) is 0 Å². The molecule has 0 aliphatic rings. The number of amides is 2. The number of anilines is 1. The van der Waals surface area contributed by atoms with Crippen molar-refractivity contribution in [1.82, 2.24) is 5.32 Å². The normalized spacial score (nSPS) is 12.0. The second-order valence-corrected chi connectivity index (χ2v) is 5.30. The molecule has 1 aromatic rings. The van der Waals surface area contributed by atoms with Crippen LogP contribution >= 0.6 is 31.9 Å². The van der Waals surface area contributed by atoms with E-state index >= 15 is 0 Å². The minimum atomic E-state index is -0.187. The quantitative estimate of drug-likeness (QED) is 0.846. The first-order valence-electron chi connectivity index (χ1n) is 5.05. The average molecular weight is 350 g/mol. The highest BCUT2D eigenvalue weighted by Crippen LogP contribution is 2.25. The van der Waals surface area contributed by atoms with Crippen molar-refractivity contribution < 1.29 is 4.79 Å². The number of carbonyl (C=O) groups excluding carboxylic acids is 1. The maximum atomic E-state index is 11.6. The SMILES string of the molecule is CC[C@@H](C)NC(=O)Nc1cc(Br)ccc1Br. The Labute approximate surface area is 112 Å². The van der Waals surface area contributed by atoms with E-state index in [4.69, 9.17) is 0 Å². The van der Waals surface area contributed by atoms with Gasteiger partial charge in [-0.05, 0) is 47.5 Å². The number of rotatable bonds is 3. The predicted octanol–water partition coefficient (Wildman–Crippen LogP) is 4.13. The number of benzene rings is 1. The zero-order valence-electron chi connectivity index (χ0n) is 9.18. The largest absolute Gasteiger partial charge is 0.335 e. The van der Waals surface area contributed by atoms with Gasteiger partial charge in [0.25, 0.3) is 0 Å². The summed E-state index contributed by atoms with van der Waals surface area (Å²) >= 11 is 6.74. The second-order valence-electron chi connectivity index (χ2n) is 3.53. The Bertz CT molecular complexity index is 382. The molecule has 0 aliphatic carbocycles. The first-order chi connectivity index (χ1) is 7.52. The number of carbonyl (C=O) groups is 1. The Hall–Kier alpha value is -0.550. The van der Waals surface area contributed by atoms with Crippen LogP contribution in [0.15, 0.2) is 27.1 Å². The highest BCUT2D eigenvalue weighted by Gasteiger charge is 2.07. The van der Waals surface area contributed by atoms with Crippen molar-refractivity contribution in [3.05, 3.63) is 27.1 Å². The summed E-state index contributed by atoms with van der Waals surface area (Å²) in [6.45, 7) is 4.00. The first-order valence-corrected chi connectivity index (χ1v) is 6.64. The Morgan fingerprint density at radius 2 is 2.12 bits per heavy atom. The summed E-state index contributed by atoms with van der Waals surface area (Å²) in [5.74, 6) is 0. The fourth-order valence-corrected chi connectivity index (χ4v) is 1.78. The van der Waals surface area contributed by atoms with Crippen LogP contribution < -0.4 is 10.6 Å². The molecule has 0 radical (unpaired) electrons. The summed E-state index contributed by atoms with van der Waals surface area (Å²) in [6, 6.07) is 5.62. The number of urea groups is 1. The summed E-state index contributed by atoms with van der Waals surface area (Å²) in [5.41, 5.74) is 0.746. The smallest absolute Gasteiger partial charge is 0.319 e. The van der Waals surface area contributed by atoms with Gasteiger partial charge in [-0.25, -0.2) is 4.79 Å². The fourth-order valence-electron chi connectivity index (χ4n) is 1.08. The lowest BCUT2D eigenvalue weighted by Crippen LogP contribution is -2.35. The zero-order chi connectivity index (χ0) is 12.1. The van der Waals surface area contributed by atoms with Gasteiger partial charge in [-0.15, -0.1) is 0 Å². The van der Waals surface area contributed by atoms with Gasteiger partial charge in [0.2, 0.25) is 0 Å². The van der Waals surface area contributed by atoms with Crippen molar-refractivity contribution in [2.45, 2.75) is 26.3 Å². The molecule has 0 aliphatic heterocycles. The van der Waals surface area contributed by atoms with Crippen LogP contribution in [0.4, 0.5) is 10.5 Å². The molecule has 16 heavy (non-hydrogen) atoms. The Kier molecular flexibility index (Phi) is 5.28. The molecule has 0 bridgehead atoms. The van der Waals surface area contributed by atoms with Gasteiger partial charge in [-0.3, -0.25) is 0 Å². The van der Waals surface area contributed by atoms with Gasteiger partial charge in [0.1, 0.15) is 0 Å². The summed E-state index contributed by atoms with van der Waals surface area (Å²) in [7, 11) is 0. The summed E-state index contributed by atoms with van der Waals surface area (Å²) < 4.78 is 1.78. The molecule has 0 fully saturated rings. The van der Waals surface area contributed by atoms with Crippen molar-refractivity contribution >= 4 is 43.6 Å². The average Bonchev–Trinajstić information content (AvgIpc) is 2.23. The third kappa shape index (κ3) is 4.14. The summed E-state index contributed by atoms with van der Waals surface area (Å²) in [4.78, 5) is 11.6. The van der Waals surface area contributed by atoms with E-state index in [-0.39, 0.29) is 12.1 Å². The van der Waals surface area contributed by atoms with Gasteiger partial charge in [-0.1, -0.05) is 22.9 Å². The van der Waals surface area contributed by atoms with E-state index in [0.717, 1.165) is 21.1 Å². The molecule has 2 N–H and O–H groups in total. The molecule has 5 heteroatoms. The molecule has 0 saturated heterocycles. The monoisotopic (exact) mass is 348 g/mol. The minimum Gasteiger partial charge on any atom is -0.335 e. The van der Waals surface area contributed by atoms with Crippen molar-refractivity contribution in [1.29, 1.82) is 0 Å².